The standard InChI is InChI=1S/C108H62N4OS3/c1-2-21-63(22-3-1)65-47-52-92-86(58-65)80-34-16-32-78(105(80)111(92)95-41-19-36-82-75-27-6-12-45-100(75)115-107(82)95)79-33-17-35-81-87-59-66(48-53-93(87)112(106(79)81)96-42-20-37-83-76-28-7-13-46-101(76)116-108(83)96)64-23-14-24-67(57-64)71-30-18-40-94-103(71)84-38-15-31-72(104(84)110(94)70-50-55-98-88(61-70)74-26-5-10-43-97(74)113-98)68-49-54-91-85(60-68)73-25-4-9-39-90(73)109(91)69-51-56-102-89(62-69)77-29-8-11-44-99(77)114-102/h1-62H. The molecule has 0 saturated carbocycles. The first-order valence-corrected chi connectivity index (χ1v) is 42.0. The van der Waals surface area contributed by atoms with Gasteiger partial charge in [-0.2, -0.15) is 0 Å². The number of furan rings is 1. The topological polar surface area (TPSA) is 32.9 Å². The third kappa shape index (κ3) is 9.25. The highest BCUT2D eigenvalue weighted by Crippen LogP contribution is 2.51. The first-order valence-electron chi connectivity index (χ1n) is 39.6. The molecule has 538 valence electrons. The van der Waals surface area contributed by atoms with Crippen LogP contribution in [0.25, 0.3) is 248 Å². The Morgan fingerprint density at radius 3 is 1.30 bits per heavy atom. The van der Waals surface area contributed by atoms with Crippen molar-refractivity contribution in [2.45, 2.75) is 0 Å². The first kappa shape index (κ1) is 64.2. The van der Waals surface area contributed by atoms with Crippen LogP contribution in [0.1, 0.15) is 0 Å². The van der Waals surface area contributed by atoms with Crippen LogP contribution in [0.2, 0.25) is 0 Å². The molecule has 0 fully saturated rings. The second-order valence-electron chi connectivity index (χ2n) is 30.9. The van der Waals surface area contributed by atoms with Crippen molar-refractivity contribution in [2.75, 3.05) is 0 Å². The molecule has 18 aromatic carbocycles. The molecule has 116 heavy (non-hydrogen) atoms. The van der Waals surface area contributed by atoms with Crippen molar-refractivity contribution < 1.29 is 4.42 Å². The molecule has 26 aromatic rings. The fourth-order valence-corrected chi connectivity index (χ4v) is 23.2. The van der Waals surface area contributed by atoms with Gasteiger partial charge in [-0.15, -0.1) is 34.0 Å². The number of aromatic nitrogens is 4. The molecule has 0 aliphatic rings. The number of benzene rings is 18. The van der Waals surface area contributed by atoms with Gasteiger partial charge in [-0.25, -0.2) is 0 Å². The molecule has 0 aliphatic heterocycles. The molecule has 0 atom stereocenters. The summed E-state index contributed by atoms with van der Waals surface area (Å²) in [6, 6.07) is 141. The van der Waals surface area contributed by atoms with Crippen LogP contribution in [0.15, 0.2) is 381 Å². The third-order valence-electron chi connectivity index (χ3n) is 24.8. The van der Waals surface area contributed by atoms with Gasteiger partial charge >= 0.3 is 0 Å². The van der Waals surface area contributed by atoms with E-state index in [0.29, 0.717) is 0 Å². The van der Waals surface area contributed by atoms with Crippen LogP contribution in [0.5, 0.6) is 0 Å². The van der Waals surface area contributed by atoms with Crippen molar-refractivity contribution in [2.24, 2.45) is 0 Å². The number of hydrogen-bond acceptors (Lipinski definition) is 4. The van der Waals surface area contributed by atoms with Gasteiger partial charge in [0.25, 0.3) is 0 Å². The summed E-state index contributed by atoms with van der Waals surface area (Å²) in [5.74, 6) is 0. The Hall–Kier alpha value is -14.4. The minimum absolute atomic E-state index is 0.867. The number of nitrogens with zero attached hydrogens (tertiary/aromatic N) is 4. The number of rotatable bonds is 9. The average Bonchev–Trinajstić information content (AvgIpc) is 1.56. The van der Waals surface area contributed by atoms with Crippen LogP contribution in [-0.4, -0.2) is 18.3 Å². The summed E-state index contributed by atoms with van der Waals surface area (Å²) >= 11 is 5.63. The molecule has 0 spiro atoms. The lowest BCUT2D eigenvalue weighted by molar-refractivity contribution is 0.669. The molecule has 0 N–H and O–H groups in total. The maximum Gasteiger partial charge on any atom is 0.135 e. The van der Waals surface area contributed by atoms with E-state index in [1.807, 2.05) is 34.0 Å². The van der Waals surface area contributed by atoms with Crippen LogP contribution < -0.4 is 0 Å². The Kier molecular flexibility index (Phi) is 13.6. The predicted octanol–water partition coefficient (Wildman–Crippen LogP) is 31.4. The van der Waals surface area contributed by atoms with E-state index in [-0.39, 0.29) is 0 Å². The summed E-state index contributed by atoms with van der Waals surface area (Å²) in [4.78, 5) is 0. The van der Waals surface area contributed by atoms with Gasteiger partial charge in [0.1, 0.15) is 11.2 Å². The number of fused-ring (bicyclic) bond motifs is 24. The van der Waals surface area contributed by atoms with Crippen molar-refractivity contribution in [1.29, 1.82) is 0 Å². The smallest absolute Gasteiger partial charge is 0.135 e. The fourth-order valence-electron chi connectivity index (χ4n) is 19.7. The Labute approximate surface area is 675 Å². The Morgan fingerprint density at radius 2 is 0.603 bits per heavy atom. The Morgan fingerprint density at radius 1 is 0.190 bits per heavy atom. The highest BCUT2D eigenvalue weighted by molar-refractivity contribution is 7.27. The molecule has 8 aromatic heterocycles. The van der Waals surface area contributed by atoms with Crippen LogP contribution in [-0.2, 0) is 0 Å². The van der Waals surface area contributed by atoms with E-state index in [1.165, 1.54) is 170 Å². The number of thiophene rings is 3. The van der Waals surface area contributed by atoms with E-state index < -0.39 is 0 Å². The quantitative estimate of drug-likeness (QED) is 0.142. The van der Waals surface area contributed by atoms with Gasteiger partial charge in [-0.05, 0) is 166 Å². The zero-order valence-electron chi connectivity index (χ0n) is 62.2. The van der Waals surface area contributed by atoms with Crippen molar-refractivity contribution in [1.82, 2.24) is 18.3 Å². The van der Waals surface area contributed by atoms with E-state index in [4.69, 9.17) is 4.42 Å². The molecule has 0 bridgehead atoms. The number of para-hydroxylation sites is 5. The van der Waals surface area contributed by atoms with Crippen molar-refractivity contribution >= 4 is 204 Å². The molecule has 0 aliphatic carbocycles. The molecule has 8 heteroatoms. The van der Waals surface area contributed by atoms with Crippen molar-refractivity contribution in [3.8, 4) is 78.4 Å². The molecule has 0 unspecified atom stereocenters. The normalized spacial score (nSPS) is 12.3. The zero-order valence-corrected chi connectivity index (χ0v) is 64.7. The van der Waals surface area contributed by atoms with Gasteiger partial charge in [0.15, 0.2) is 0 Å². The minimum Gasteiger partial charge on any atom is -0.456 e. The van der Waals surface area contributed by atoms with Crippen LogP contribution in [0.4, 0.5) is 0 Å². The fraction of sp³-hybridized carbons (Fsp3) is 0. The average molecular weight is 1530 g/mol. The van der Waals surface area contributed by atoms with Crippen LogP contribution in [0, 0.1) is 0 Å². The van der Waals surface area contributed by atoms with Gasteiger partial charge in [0.05, 0.1) is 64.9 Å². The summed E-state index contributed by atoms with van der Waals surface area (Å²) in [5, 5.41) is 19.5. The van der Waals surface area contributed by atoms with Crippen LogP contribution >= 0.6 is 34.0 Å². The maximum atomic E-state index is 6.54. The lowest BCUT2D eigenvalue weighted by atomic mass is 9.94. The van der Waals surface area contributed by atoms with Gasteiger partial charge in [0, 0.05) is 133 Å². The molecule has 5 nitrogen and oxygen atoms in total. The summed E-state index contributed by atoms with van der Waals surface area (Å²) in [6.45, 7) is 0. The highest BCUT2D eigenvalue weighted by Gasteiger charge is 2.28. The first-order chi connectivity index (χ1) is 57.5. The summed E-state index contributed by atoms with van der Waals surface area (Å²) in [7, 11) is 0. The lowest BCUT2D eigenvalue weighted by Gasteiger charge is -2.16. The van der Waals surface area contributed by atoms with E-state index in [1.54, 1.807) is 0 Å². The zero-order chi connectivity index (χ0) is 75.5. The predicted molar refractivity (Wildman–Crippen MR) is 497 cm³/mol. The minimum atomic E-state index is 0.867. The van der Waals surface area contributed by atoms with Crippen LogP contribution in [0.3, 0.4) is 0 Å². The molecular formula is C108H62N4OS3. The SMILES string of the molecule is c1ccc(-c2ccc3c(c2)c2cccc(-c4cccc5c6cc(-c7cccc(-c8cccc9c8c8cccc(-c%10ccc%11c(c%10)c%10ccccc%10n%11-c%10ccc%11sc%12ccccc%12c%11c%10)c8n9-c8ccc9oc%10ccccc%10c9c8)c7)ccc6n(-c6cccc7c6sc6ccccc67)c45)c2n3-c2cccc3c2sc2ccccc23)cc1. The second-order valence-corrected chi connectivity index (χ2v) is 34.1. The van der Waals surface area contributed by atoms with E-state index in [0.717, 1.165) is 77.7 Å². The molecule has 0 radical (unpaired) electrons. The van der Waals surface area contributed by atoms with Gasteiger partial charge in [-0.3, -0.25) is 0 Å². The summed E-state index contributed by atoms with van der Waals surface area (Å²) in [6.07, 6.45) is 0. The lowest BCUT2D eigenvalue weighted by Crippen LogP contribution is -1.98. The monoisotopic (exact) mass is 1530 g/mol. The molecule has 8 heterocycles. The highest BCUT2D eigenvalue weighted by atomic mass is 32.1. The maximum absolute atomic E-state index is 6.54. The molecule has 0 saturated heterocycles. The van der Waals surface area contributed by atoms with Gasteiger partial charge < -0.3 is 22.7 Å². The van der Waals surface area contributed by atoms with E-state index >= 15 is 0 Å². The second kappa shape index (κ2) is 24.6. The van der Waals surface area contributed by atoms with E-state index in [2.05, 4.69) is 394 Å². The van der Waals surface area contributed by atoms with Gasteiger partial charge in [-0.1, -0.05) is 249 Å². The molecule has 0 amide bonds. The Bertz CT molecular complexity index is 8750. The van der Waals surface area contributed by atoms with Gasteiger partial charge in [0.2, 0.25) is 0 Å². The third-order valence-corrected chi connectivity index (χ3v) is 28.3. The van der Waals surface area contributed by atoms with Crippen molar-refractivity contribution in [3.63, 3.8) is 0 Å². The summed E-state index contributed by atoms with van der Waals surface area (Å²) in [5.41, 5.74) is 27.2. The van der Waals surface area contributed by atoms with Crippen molar-refractivity contribution in [3.05, 3.63) is 376 Å². The Balaban J connectivity index is 0.676. The molecule has 26 rings (SSSR count). The van der Waals surface area contributed by atoms with E-state index in [9.17, 15) is 0 Å². The summed E-state index contributed by atoms with van der Waals surface area (Å²) < 4.78 is 24.4. The largest absolute Gasteiger partial charge is 0.456 e. The number of hydrogen-bond donors (Lipinski definition) is 0. The molecular weight excluding hydrogens is 1470 g/mol.